The quantitative estimate of drug-likeness (QED) is 0.0346. The van der Waals surface area contributed by atoms with Crippen molar-refractivity contribution in [3.05, 3.63) is 24.3 Å². The molecule has 48 heavy (non-hydrogen) atoms. The molecule has 1 fully saturated rings. The number of carbonyl (C=O) groups is 1. The molecule has 0 spiro atoms. The maximum Gasteiger partial charge on any atom is 0.220 e. The monoisotopic (exact) mass is 684 g/mol. The van der Waals surface area contributed by atoms with Crippen molar-refractivity contribution in [3.8, 4) is 0 Å². The van der Waals surface area contributed by atoms with Crippen LogP contribution < -0.4 is 5.32 Å². The second kappa shape index (κ2) is 30.5. The van der Waals surface area contributed by atoms with Gasteiger partial charge in [-0.3, -0.25) is 4.79 Å². The van der Waals surface area contributed by atoms with Crippen molar-refractivity contribution in [2.24, 2.45) is 0 Å². The summed E-state index contributed by atoms with van der Waals surface area (Å²) in [4.78, 5) is 12.8. The summed E-state index contributed by atoms with van der Waals surface area (Å²) in [6.07, 6.45) is 26.2. The van der Waals surface area contributed by atoms with Crippen LogP contribution >= 0.6 is 0 Å². The lowest BCUT2D eigenvalue weighted by Gasteiger charge is -2.40. The van der Waals surface area contributed by atoms with Crippen LogP contribution in [0.4, 0.5) is 0 Å². The SMILES string of the molecule is CCCCCCCC/C=C\C/C=C\CCC(=O)NC(COC1OC(CO)C(O)C(O)C1O)C(O)CCCCCCCCCCCCCC. The predicted molar refractivity (Wildman–Crippen MR) is 193 cm³/mol. The van der Waals surface area contributed by atoms with E-state index in [9.17, 15) is 30.3 Å². The molecule has 1 heterocycles. The Morgan fingerprint density at radius 2 is 1.23 bits per heavy atom. The lowest BCUT2D eigenvalue weighted by atomic mass is 9.99. The summed E-state index contributed by atoms with van der Waals surface area (Å²) in [7, 11) is 0. The molecule has 0 bridgehead atoms. The third-order valence-electron chi connectivity index (χ3n) is 9.32. The molecular weight excluding hydrogens is 610 g/mol. The van der Waals surface area contributed by atoms with Gasteiger partial charge in [-0.05, 0) is 32.1 Å². The lowest BCUT2D eigenvalue weighted by Crippen LogP contribution is -2.60. The normalized spacial score (nSPS) is 22.9. The third kappa shape index (κ3) is 21.7. The predicted octanol–water partition coefficient (Wildman–Crippen LogP) is 6.77. The summed E-state index contributed by atoms with van der Waals surface area (Å²) < 4.78 is 11.2. The lowest BCUT2D eigenvalue weighted by molar-refractivity contribution is -0.302. The number of unbranched alkanes of at least 4 members (excludes halogenated alkanes) is 17. The molecule has 1 amide bonds. The van der Waals surface area contributed by atoms with E-state index in [0.29, 0.717) is 12.8 Å². The van der Waals surface area contributed by atoms with Gasteiger partial charge in [-0.25, -0.2) is 0 Å². The topological polar surface area (TPSA) is 149 Å². The zero-order valence-electron chi connectivity index (χ0n) is 30.5. The molecule has 0 aromatic carbocycles. The minimum absolute atomic E-state index is 0.160. The van der Waals surface area contributed by atoms with Crippen molar-refractivity contribution >= 4 is 5.91 Å². The highest BCUT2D eigenvalue weighted by molar-refractivity contribution is 5.76. The molecule has 1 saturated heterocycles. The summed E-state index contributed by atoms with van der Waals surface area (Å²) in [5, 5.41) is 54.0. The van der Waals surface area contributed by atoms with E-state index < -0.39 is 49.5 Å². The number of rotatable bonds is 31. The van der Waals surface area contributed by atoms with Gasteiger partial charge in [-0.15, -0.1) is 0 Å². The van der Waals surface area contributed by atoms with E-state index in [1.54, 1.807) is 0 Å². The summed E-state index contributed by atoms with van der Waals surface area (Å²) >= 11 is 0. The summed E-state index contributed by atoms with van der Waals surface area (Å²) in [6.45, 7) is 3.75. The fourth-order valence-corrected chi connectivity index (χ4v) is 6.09. The van der Waals surface area contributed by atoms with Crippen LogP contribution in [0.5, 0.6) is 0 Å². The molecule has 0 aliphatic carbocycles. The Kier molecular flexibility index (Phi) is 28.4. The van der Waals surface area contributed by atoms with Crippen LogP contribution in [-0.2, 0) is 14.3 Å². The first-order valence-corrected chi connectivity index (χ1v) is 19.5. The van der Waals surface area contributed by atoms with Gasteiger partial charge in [0.05, 0.1) is 25.4 Å². The van der Waals surface area contributed by atoms with Gasteiger partial charge in [0.1, 0.15) is 24.4 Å². The van der Waals surface area contributed by atoms with Gasteiger partial charge in [0.25, 0.3) is 0 Å². The van der Waals surface area contributed by atoms with E-state index >= 15 is 0 Å². The number of aliphatic hydroxyl groups is 5. The molecule has 0 radical (unpaired) electrons. The smallest absolute Gasteiger partial charge is 0.220 e. The van der Waals surface area contributed by atoms with Gasteiger partial charge in [0, 0.05) is 6.42 Å². The highest BCUT2D eigenvalue weighted by Crippen LogP contribution is 2.23. The third-order valence-corrected chi connectivity index (χ3v) is 9.32. The fraction of sp³-hybridized carbons (Fsp3) is 0.872. The van der Waals surface area contributed by atoms with Gasteiger partial charge >= 0.3 is 0 Å². The van der Waals surface area contributed by atoms with Crippen LogP contribution in [0.3, 0.4) is 0 Å². The number of ether oxygens (including phenoxy) is 2. The van der Waals surface area contributed by atoms with Crippen molar-refractivity contribution in [2.75, 3.05) is 13.2 Å². The Balaban J connectivity index is 2.47. The number of hydrogen-bond donors (Lipinski definition) is 6. The fourth-order valence-electron chi connectivity index (χ4n) is 6.09. The van der Waals surface area contributed by atoms with E-state index in [0.717, 1.165) is 32.1 Å². The number of aliphatic hydroxyl groups excluding tert-OH is 5. The average Bonchev–Trinajstić information content (AvgIpc) is 3.08. The molecule has 0 aromatic heterocycles. The zero-order valence-corrected chi connectivity index (χ0v) is 30.5. The Morgan fingerprint density at radius 1 is 0.708 bits per heavy atom. The van der Waals surface area contributed by atoms with Crippen LogP contribution in [-0.4, -0.2) is 87.5 Å². The molecule has 282 valence electrons. The summed E-state index contributed by atoms with van der Waals surface area (Å²) in [5.41, 5.74) is 0. The summed E-state index contributed by atoms with van der Waals surface area (Å²) in [6, 6.07) is -0.744. The minimum atomic E-state index is -1.56. The van der Waals surface area contributed by atoms with E-state index in [4.69, 9.17) is 9.47 Å². The first-order chi connectivity index (χ1) is 23.3. The largest absolute Gasteiger partial charge is 0.394 e. The molecule has 9 heteroatoms. The number of amides is 1. The van der Waals surface area contributed by atoms with E-state index in [2.05, 4.69) is 37.4 Å². The molecule has 1 aliphatic heterocycles. The standard InChI is InChI=1S/C39H73NO8/c1-3-5-7-9-11-13-15-17-19-21-23-25-27-29-35(43)40-32(31-47-39-38(46)37(45)36(44)34(30-41)48-39)33(42)28-26-24-22-20-18-16-14-12-10-8-6-4-2/h17,19,23,25,32-34,36-39,41-42,44-46H,3-16,18,20-22,24,26-31H2,1-2H3,(H,40,43)/b19-17-,25-23-. The maximum atomic E-state index is 12.8. The van der Waals surface area contributed by atoms with E-state index in [1.807, 2.05) is 6.08 Å². The average molecular weight is 684 g/mol. The minimum Gasteiger partial charge on any atom is -0.394 e. The van der Waals surface area contributed by atoms with E-state index in [-0.39, 0.29) is 18.9 Å². The molecular formula is C39H73NO8. The molecule has 1 rings (SSSR count). The number of nitrogens with one attached hydrogen (secondary N) is 1. The van der Waals surface area contributed by atoms with Crippen molar-refractivity contribution in [1.82, 2.24) is 5.32 Å². The molecule has 9 nitrogen and oxygen atoms in total. The molecule has 1 aliphatic rings. The number of allylic oxidation sites excluding steroid dienone is 4. The first kappa shape index (κ1) is 44.7. The van der Waals surface area contributed by atoms with Gasteiger partial charge in [0.2, 0.25) is 5.91 Å². The zero-order chi connectivity index (χ0) is 35.2. The number of hydrogen-bond acceptors (Lipinski definition) is 8. The van der Waals surface area contributed by atoms with Gasteiger partial charge in [0.15, 0.2) is 6.29 Å². The Bertz CT molecular complexity index is 807. The first-order valence-electron chi connectivity index (χ1n) is 19.5. The van der Waals surface area contributed by atoms with Crippen LogP contribution in [0.2, 0.25) is 0 Å². The van der Waals surface area contributed by atoms with Gasteiger partial charge in [-0.2, -0.15) is 0 Å². The second-order valence-electron chi connectivity index (χ2n) is 13.7. The van der Waals surface area contributed by atoms with Crippen LogP contribution in [0.25, 0.3) is 0 Å². The summed E-state index contributed by atoms with van der Waals surface area (Å²) in [5.74, 6) is -0.214. The molecule has 6 N–H and O–H groups in total. The highest BCUT2D eigenvalue weighted by Gasteiger charge is 2.44. The van der Waals surface area contributed by atoms with Crippen LogP contribution in [0.1, 0.15) is 162 Å². The van der Waals surface area contributed by atoms with Gasteiger partial charge in [-0.1, -0.05) is 147 Å². The van der Waals surface area contributed by atoms with Crippen LogP contribution in [0, 0.1) is 0 Å². The molecule has 7 unspecified atom stereocenters. The van der Waals surface area contributed by atoms with Crippen molar-refractivity contribution in [1.29, 1.82) is 0 Å². The highest BCUT2D eigenvalue weighted by atomic mass is 16.7. The van der Waals surface area contributed by atoms with Crippen molar-refractivity contribution < 1.29 is 39.8 Å². The molecule has 0 aromatic rings. The Hall–Kier alpha value is -1.33. The molecule has 0 saturated carbocycles. The van der Waals surface area contributed by atoms with Crippen LogP contribution in [0.15, 0.2) is 24.3 Å². The Labute approximate surface area is 292 Å². The van der Waals surface area contributed by atoms with Crippen molar-refractivity contribution in [3.63, 3.8) is 0 Å². The maximum absolute atomic E-state index is 12.8. The Morgan fingerprint density at radius 3 is 1.79 bits per heavy atom. The van der Waals surface area contributed by atoms with E-state index in [1.165, 1.54) is 96.3 Å². The number of carbonyl (C=O) groups excluding carboxylic acids is 1. The second-order valence-corrected chi connectivity index (χ2v) is 13.7. The van der Waals surface area contributed by atoms with Crippen molar-refractivity contribution in [2.45, 2.75) is 204 Å². The molecule has 7 atom stereocenters. The van der Waals surface area contributed by atoms with Gasteiger partial charge < -0.3 is 40.3 Å².